The van der Waals surface area contributed by atoms with Crippen molar-refractivity contribution in [1.29, 1.82) is 0 Å². The lowest BCUT2D eigenvalue weighted by Gasteiger charge is -2.42. The van der Waals surface area contributed by atoms with E-state index in [2.05, 4.69) is 34.9 Å². The Morgan fingerprint density at radius 2 is 2.11 bits per heavy atom. The first-order chi connectivity index (χ1) is 9.28. The van der Waals surface area contributed by atoms with Gasteiger partial charge < -0.3 is 4.74 Å². The molecule has 1 aromatic carbocycles. The monoisotopic (exact) mass is 260 g/mol. The van der Waals surface area contributed by atoms with E-state index in [1.807, 2.05) is 6.07 Å². The van der Waals surface area contributed by atoms with Gasteiger partial charge in [-0.3, -0.25) is 9.80 Å². The van der Waals surface area contributed by atoms with Crippen molar-refractivity contribution in [2.24, 2.45) is 0 Å². The number of para-hydroxylation sites is 1. The topological polar surface area (TPSA) is 15.7 Å². The second-order valence-electron chi connectivity index (χ2n) is 5.88. The van der Waals surface area contributed by atoms with E-state index < -0.39 is 0 Å². The van der Waals surface area contributed by atoms with Crippen LogP contribution < -0.4 is 4.74 Å². The zero-order valence-electron chi connectivity index (χ0n) is 12.0. The molecule has 2 heterocycles. The largest absolute Gasteiger partial charge is 0.496 e. The van der Waals surface area contributed by atoms with Gasteiger partial charge in [-0.2, -0.15) is 0 Å². The summed E-state index contributed by atoms with van der Waals surface area (Å²) >= 11 is 0. The minimum Gasteiger partial charge on any atom is -0.496 e. The molecule has 0 N–H and O–H groups in total. The molecule has 0 radical (unpaired) electrons. The van der Waals surface area contributed by atoms with E-state index in [1.165, 1.54) is 38.0 Å². The number of fused-ring (bicyclic) bond motifs is 1. The Kier molecular flexibility index (Phi) is 3.76. The summed E-state index contributed by atoms with van der Waals surface area (Å²) in [4.78, 5) is 5.29. The normalized spacial score (nSPS) is 28.3. The minimum absolute atomic E-state index is 0.638. The van der Waals surface area contributed by atoms with Crippen LogP contribution in [0, 0.1) is 0 Å². The molecule has 0 aliphatic carbocycles. The number of piperazine rings is 1. The van der Waals surface area contributed by atoms with Gasteiger partial charge in [0.15, 0.2) is 0 Å². The Morgan fingerprint density at radius 3 is 2.95 bits per heavy atom. The summed E-state index contributed by atoms with van der Waals surface area (Å²) in [6, 6.07) is 9.82. The third kappa shape index (κ3) is 2.63. The fraction of sp³-hybridized carbons (Fsp3) is 0.625. The van der Waals surface area contributed by atoms with Crippen LogP contribution in [0.1, 0.15) is 25.3 Å². The van der Waals surface area contributed by atoms with Crippen molar-refractivity contribution in [3.8, 4) is 5.75 Å². The van der Waals surface area contributed by atoms with E-state index in [4.69, 9.17) is 4.74 Å². The zero-order chi connectivity index (χ0) is 13.2. The summed E-state index contributed by atoms with van der Waals surface area (Å²) in [5.41, 5.74) is 1.31. The number of methoxy groups -OCH3 is 1. The standard InChI is InChI=1S/C16H24N2O/c1-13-10-17-9-5-7-15(17)12-18(13)11-14-6-3-4-8-16(14)19-2/h3-4,6,8,13,15H,5,7,9-12H2,1-2H3/t13-,15?/m1/s1. The van der Waals surface area contributed by atoms with E-state index in [9.17, 15) is 0 Å². The van der Waals surface area contributed by atoms with Crippen LogP contribution in [0.25, 0.3) is 0 Å². The summed E-state index contributed by atoms with van der Waals surface area (Å²) < 4.78 is 5.47. The number of hydrogen-bond acceptors (Lipinski definition) is 3. The highest BCUT2D eigenvalue weighted by Gasteiger charge is 2.34. The Labute approximate surface area is 116 Å². The summed E-state index contributed by atoms with van der Waals surface area (Å²) in [6.07, 6.45) is 2.75. The molecule has 0 bridgehead atoms. The van der Waals surface area contributed by atoms with E-state index in [0.717, 1.165) is 18.3 Å². The van der Waals surface area contributed by atoms with E-state index in [0.29, 0.717) is 6.04 Å². The third-order valence-corrected chi connectivity index (χ3v) is 4.63. The van der Waals surface area contributed by atoms with Crippen LogP contribution >= 0.6 is 0 Å². The van der Waals surface area contributed by atoms with Crippen LogP contribution in [0.5, 0.6) is 5.75 Å². The molecule has 1 unspecified atom stereocenters. The molecule has 2 aliphatic heterocycles. The van der Waals surface area contributed by atoms with Crippen LogP contribution in [-0.2, 0) is 6.54 Å². The van der Waals surface area contributed by atoms with Gasteiger partial charge in [-0.15, -0.1) is 0 Å². The molecule has 3 nitrogen and oxygen atoms in total. The van der Waals surface area contributed by atoms with Gasteiger partial charge in [0.25, 0.3) is 0 Å². The Morgan fingerprint density at radius 1 is 1.26 bits per heavy atom. The van der Waals surface area contributed by atoms with E-state index in [1.54, 1.807) is 7.11 Å². The Bertz CT molecular complexity index is 435. The van der Waals surface area contributed by atoms with Gasteiger partial charge >= 0.3 is 0 Å². The quantitative estimate of drug-likeness (QED) is 0.830. The second kappa shape index (κ2) is 5.51. The molecule has 2 aliphatic rings. The van der Waals surface area contributed by atoms with Crippen LogP contribution in [-0.4, -0.2) is 48.6 Å². The zero-order valence-corrected chi connectivity index (χ0v) is 12.0. The van der Waals surface area contributed by atoms with Crippen molar-refractivity contribution < 1.29 is 4.74 Å². The number of benzene rings is 1. The van der Waals surface area contributed by atoms with Crippen LogP contribution in [0.3, 0.4) is 0 Å². The highest BCUT2D eigenvalue weighted by molar-refractivity contribution is 5.33. The van der Waals surface area contributed by atoms with Gasteiger partial charge in [0.2, 0.25) is 0 Å². The fourth-order valence-corrected chi connectivity index (χ4v) is 3.52. The molecule has 0 aromatic heterocycles. The highest BCUT2D eigenvalue weighted by atomic mass is 16.5. The maximum atomic E-state index is 5.47. The first-order valence-corrected chi connectivity index (χ1v) is 7.38. The van der Waals surface area contributed by atoms with Crippen LogP contribution in [0.4, 0.5) is 0 Å². The fourth-order valence-electron chi connectivity index (χ4n) is 3.52. The average molecular weight is 260 g/mol. The molecular weight excluding hydrogens is 236 g/mol. The number of rotatable bonds is 3. The molecule has 0 saturated carbocycles. The molecule has 1 aromatic rings. The van der Waals surface area contributed by atoms with E-state index in [-0.39, 0.29) is 0 Å². The number of hydrogen-bond donors (Lipinski definition) is 0. The number of nitrogens with zero attached hydrogens (tertiary/aromatic N) is 2. The van der Waals surface area contributed by atoms with Crippen molar-refractivity contribution in [2.45, 2.75) is 38.4 Å². The molecular formula is C16H24N2O. The maximum Gasteiger partial charge on any atom is 0.123 e. The van der Waals surface area contributed by atoms with Gasteiger partial charge in [-0.25, -0.2) is 0 Å². The van der Waals surface area contributed by atoms with Gasteiger partial charge in [0.05, 0.1) is 7.11 Å². The molecule has 19 heavy (non-hydrogen) atoms. The predicted octanol–water partition coefficient (Wildman–Crippen LogP) is 2.36. The lowest BCUT2D eigenvalue weighted by Crippen LogP contribution is -2.54. The third-order valence-electron chi connectivity index (χ3n) is 4.63. The van der Waals surface area contributed by atoms with Crippen molar-refractivity contribution >= 4 is 0 Å². The predicted molar refractivity (Wildman–Crippen MR) is 77.5 cm³/mol. The molecule has 2 atom stereocenters. The Balaban J connectivity index is 1.72. The first-order valence-electron chi connectivity index (χ1n) is 7.38. The first kappa shape index (κ1) is 12.9. The maximum absolute atomic E-state index is 5.47. The molecule has 2 saturated heterocycles. The SMILES string of the molecule is COc1ccccc1CN1CC2CCCN2C[C@H]1C. The average Bonchev–Trinajstić information content (AvgIpc) is 2.87. The summed E-state index contributed by atoms with van der Waals surface area (Å²) in [5.74, 6) is 1.02. The van der Waals surface area contributed by atoms with Crippen molar-refractivity contribution in [3.05, 3.63) is 29.8 Å². The summed E-state index contributed by atoms with van der Waals surface area (Å²) in [5, 5.41) is 0. The summed E-state index contributed by atoms with van der Waals surface area (Å²) in [6.45, 7) is 7.09. The second-order valence-corrected chi connectivity index (χ2v) is 5.88. The lowest BCUT2D eigenvalue weighted by atomic mass is 10.1. The van der Waals surface area contributed by atoms with Gasteiger partial charge in [-0.05, 0) is 32.4 Å². The molecule has 104 valence electrons. The molecule has 3 rings (SSSR count). The van der Waals surface area contributed by atoms with Crippen molar-refractivity contribution in [2.75, 3.05) is 26.7 Å². The van der Waals surface area contributed by atoms with Crippen molar-refractivity contribution in [1.82, 2.24) is 9.80 Å². The lowest BCUT2D eigenvalue weighted by molar-refractivity contribution is 0.0535. The van der Waals surface area contributed by atoms with Crippen molar-refractivity contribution in [3.63, 3.8) is 0 Å². The minimum atomic E-state index is 0.638. The molecule has 0 amide bonds. The molecule has 3 heteroatoms. The van der Waals surface area contributed by atoms with E-state index >= 15 is 0 Å². The smallest absolute Gasteiger partial charge is 0.123 e. The number of ether oxygens (including phenoxy) is 1. The highest BCUT2D eigenvalue weighted by Crippen LogP contribution is 2.27. The molecule has 2 fully saturated rings. The van der Waals surface area contributed by atoms with Crippen LogP contribution in [0.15, 0.2) is 24.3 Å². The molecule has 0 spiro atoms. The van der Waals surface area contributed by atoms with Crippen LogP contribution in [0.2, 0.25) is 0 Å². The van der Waals surface area contributed by atoms with Gasteiger partial charge in [0.1, 0.15) is 5.75 Å². The summed E-state index contributed by atoms with van der Waals surface area (Å²) in [7, 11) is 1.76. The Hall–Kier alpha value is -1.06. The van der Waals surface area contributed by atoms with Gasteiger partial charge in [0, 0.05) is 37.3 Å². The van der Waals surface area contributed by atoms with Gasteiger partial charge in [-0.1, -0.05) is 18.2 Å².